The SMILES string of the molecule is CC(=O)N(C)C.[Ti]. The Kier molecular flexibility index (Phi) is 6.35. The second kappa shape index (κ2) is 4.35. The van der Waals surface area contributed by atoms with Crippen LogP contribution in [0.15, 0.2) is 0 Å². The molecule has 0 saturated heterocycles. The summed E-state index contributed by atoms with van der Waals surface area (Å²) in [4.78, 5) is 11.6. The molecule has 40 valence electrons. The zero-order valence-corrected chi connectivity index (χ0v) is 6.42. The zero-order chi connectivity index (χ0) is 5.15. The fourth-order valence-electron chi connectivity index (χ4n) is 0. The number of carbonyl (C=O) groups excluding carboxylic acids is 1. The van der Waals surface area contributed by atoms with Gasteiger partial charge in [-0.3, -0.25) is 4.79 Å². The minimum atomic E-state index is 0. The number of rotatable bonds is 0. The van der Waals surface area contributed by atoms with E-state index in [1.54, 1.807) is 14.1 Å². The summed E-state index contributed by atoms with van der Waals surface area (Å²) in [5.74, 6) is 0.0926. The van der Waals surface area contributed by atoms with E-state index in [0.717, 1.165) is 0 Å². The van der Waals surface area contributed by atoms with Crippen molar-refractivity contribution in [1.29, 1.82) is 0 Å². The van der Waals surface area contributed by atoms with Crippen LogP contribution in [0.3, 0.4) is 0 Å². The van der Waals surface area contributed by atoms with Gasteiger partial charge in [0.1, 0.15) is 0 Å². The van der Waals surface area contributed by atoms with Crippen molar-refractivity contribution in [2.75, 3.05) is 14.1 Å². The van der Waals surface area contributed by atoms with Crippen LogP contribution >= 0.6 is 0 Å². The zero-order valence-electron chi connectivity index (χ0n) is 4.86. The van der Waals surface area contributed by atoms with Crippen molar-refractivity contribution < 1.29 is 26.5 Å². The molecule has 0 aliphatic carbocycles. The average Bonchev–Trinajstić information content (AvgIpc) is 1.36. The molecule has 7 heavy (non-hydrogen) atoms. The van der Waals surface area contributed by atoms with E-state index in [2.05, 4.69) is 0 Å². The van der Waals surface area contributed by atoms with E-state index >= 15 is 0 Å². The van der Waals surface area contributed by atoms with Gasteiger partial charge in [0, 0.05) is 42.7 Å². The Bertz CT molecular complexity index is 62.7. The maximum absolute atomic E-state index is 10.1. The first-order valence-corrected chi connectivity index (χ1v) is 1.82. The van der Waals surface area contributed by atoms with Crippen molar-refractivity contribution in [2.24, 2.45) is 0 Å². The maximum Gasteiger partial charge on any atom is 0.218 e. The first-order chi connectivity index (χ1) is 2.64. The molecule has 0 rings (SSSR count). The van der Waals surface area contributed by atoms with Gasteiger partial charge in [-0.15, -0.1) is 0 Å². The van der Waals surface area contributed by atoms with Gasteiger partial charge in [-0.2, -0.15) is 0 Å². The van der Waals surface area contributed by atoms with Crippen LogP contribution in [0.1, 0.15) is 6.92 Å². The Labute approximate surface area is 58.8 Å². The van der Waals surface area contributed by atoms with Gasteiger partial charge in [0.15, 0.2) is 0 Å². The van der Waals surface area contributed by atoms with Gasteiger partial charge in [-0.1, -0.05) is 0 Å². The molecular formula is C4H9NOTi. The maximum atomic E-state index is 10.1. The van der Waals surface area contributed by atoms with Crippen LogP contribution in [0, 0.1) is 0 Å². The number of hydrogen-bond donors (Lipinski definition) is 0. The molecule has 0 aromatic heterocycles. The molecule has 0 saturated carbocycles. The van der Waals surface area contributed by atoms with Gasteiger partial charge >= 0.3 is 0 Å². The summed E-state index contributed by atoms with van der Waals surface area (Å²) in [5, 5.41) is 0. The standard InChI is InChI=1S/C4H9NO.Ti/c1-4(6)5(2)3;/h1-3H3;. The summed E-state index contributed by atoms with van der Waals surface area (Å²) in [6.07, 6.45) is 0. The van der Waals surface area contributed by atoms with E-state index in [1.807, 2.05) is 0 Å². The number of amides is 1. The quantitative estimate of drug-likeness (QED) is 0.431. The molecule has 2 nitrogen and oxygen atoms in total. The summed E-state index contributed by atoms with van der Waals surface area (Å²) >= 11 is 0. The van der Waals surface area contributed by atoms with Gasteiger partial charge in [-0.05, 0) is 0 Å². The Hall–Kier alpha value is 0.184. The third-order valence-electron chi connectivity index (χ3n) is 0.630. The molecule has 3 heteroatoms. The smallest absolute Gasteiger partial charge is 0.218 e. The second-order valence-electron chi connectivity index (χ2n) is 1.41. The van der Waals surface area contributed by atoms with E-state index in [0.29, 0.717) is 0 Å². The van der Waals surface area contributed by atoms with Crippen LogP contribution in [0.5, 0.6) is 0 Å². The van der Waals surface area contributed by atoms with Gasteiger partial charge in [0.2, 0.25) is 5.91 Å². The van der Waals surface area contributed by atoms with Crippen molar-refractivity contribution in [3.63, 3.8) is 0 Å². The first kappa shape index (κ1) is 10.2. The summed E-state index contributed by atoms with van der Waals surface area (Å²) < 4.78 is 0. The summed E-state index contributed by atoms with van der Waals surface area (Å²) in [6.45, 7) is 1.53. The van der Waals surface area contributed by atoms with Crippen molar-refractivity contribution in [3.05, 3.63) is 0 Å². The molecule has 0 aliphatic heterocycles. The fraction of sp³-hybridized carbons (Fsp3) is 0.750. The van der Waals surface area contributed by atoms with E-state index < -0.39 is 0 Å². The minimum Gasteiger partial charge on any atom is -0.349 e. The van der Waals surface area contributed by atoms with Gasteiger partial charge in [-0.25, -0.2) is 0 Å². The summed E-state index contributed by atoms with van der Waals surface area (Å²) in [6, 6.07) is 0. The monoisotopic (exact) mass is 135 g/mol. The van der Waals surface area contributed by atoms with Crippen molar-refractivity contribution >= 4 is 5.91 Å². The van der Waals surface area contributed by atoms with E-state index in [-0.39, 0.29) is 27.6 Å². The van der Waals surface area contributed by atoms with Crippen molar-refractivity contribution in [2.45, 2.75) is 6.92 Å². The molecule has 0 bridgehead atoms. The molecule has 0 spiro atoms. The Balaban J connectivity index is 0. The third-order valence-corrected chi connectivity index (χ3v) is 0.630. The van der Waals surface area contributed by atoms with Crippen LogP contribution in [0.4, 0.5) is 0 Å². The molecule has 0 aromatic rings. The predicted octanol–water partition coefficient (Wildman–Crippen LogP) is 0.0920. The fourth-order valence-corrected chi connectivity index (χ4v) is 0. The van der Waals surface area contributed by atoms with E-state index in [9.17, 15) is 4.79 Å². The largest absolute Gasteiger partial charge is 0.349 e. The van der Waals surface area contributed by atoms with Crippen molar-refractivity contribution in [3.8, 4) is 0 Å². The average molecular weight is 135 g/mol. The molecular weight excluding hydrogens is 126 g/mol. The molecule has 0 aromatic carbocycles. The predicted molar refractivity (Wildman–Crippen MR) is 24.4 cm³/mol. The molecule has 0 N–H and O–H groups in total. The van der Waals surface area contributed by atoms with Crippen LogP contribution in [-0.2, 0) is 26.5 Å². The normalized spacial score (nSPS) is 6.71. The Morgan fingerprint density at radius 1 is 1.43 bits per heavy atom. The Morgan fingerprint density at radius 2 is 1.57 bits per heavy atom. The van der Waals surface area contributed by atoms with Gasteiger partial charge in [0.05, 0.1) is 0 Å². The Morgan fingerprint density at radius 3 is 1.57 bits per heavy atom. The molecule has 0 radical (unpaired) electrons. The van der Waals surface area contributed by atoms with Crippen LogP contribution in [0.25, 0.3) is 0 Å². The third kappa shape index (κ3) is 6.18. The summed E-state index contributed by atoms with van der Waals surface area (Å²) in [7, 11) is 3.45. The number of nitrogens with zero attached hydrogens (tertiary/aromatic N) is 1. The van der Waals surface area contributed by atoms with Crippen LogP contribution in [-0.4, -0.2) is 24.9 Å². The second-order valence-corrected chi connectivity index (χ2v) is 1.41. The van der Waals surface area contributed by atoms with E-state index in [4.69, 9.17) is 0 Å². The van der Waals surface area contributed by atoms with Crippen LogP contribution < -0.4 is 0 Å². The number of hydrogen-bond acceptors (Lipinski definition) is 1. The van der Waals surface area contributed by atoms with Gasteiger partial charge < -0.3 is 4.90 Å². The topological polar surface area (TPSA) is 20.3 Å². The molecule has 0 fully saturated rings. The van der Waals surface area contributed by atoms with E-state index in [1.165, 1.54) is 11.8 Å². The molecule has 0 atom stereocenters. The van der Waals surface area contributed by atoms with Crippen LogP contribution in [0.2, 0.25) is 0 Å². The first-order valence-electron chi connectivity index (χ1n) is 1.82. The molecule has 0 aliphatic rings. The number of carbonyl (C=O) groups is 1. The summed E-state index contributed by atoms with van der Waals surface area (Å²) in [5.41, 5.74) is 0. The van der Waals surface area contributed by atoms with Gasteiger partial charge in [0.25, 0.3) is 0 Å². The molecule has 0 unspecified atom stereocenters. The van der Waals surface area contributed by atoms with Crippen molar-refractivity contribution in [1.82, 2.24) is 4.90 Å². The molecule has 0 heterocycles. The molecule has 1 amide bonds. The minimum absolute atomic E-state index is 0.